The zero-order valence-electron chi connectivity index (χ0n) is 4.61. The summed E-state index contributed by atoms with van der Waals surface area (Å²) in [7, 11) is 0. The molecule has 1 heterocycles. The summed E-state index contributed by atoms with van der Waals surface area (Å²) in [6.45, 7) is 0. The zero-order valence-corrected chi connectivity index (χ0v) is 6.87. The van der Waals surface area contributed by atoms with Crippen LogP contribution in [0, 0.1) is 0 Å². The van der Waals surface area contributed by atoms with Crippen molar-refractivity contribution in [3.8, 4) is 5.88 Å². The summed E-state index contributed by atoms with van der Waals surface area (Å²) in [5.41, 5.74) is 0. The molecule has 0 aliphatic heterocycles. The first-order valence-electron chi connectivity index (χ1n) is 2.31. The van der Waals surface area contributed by atoms with Gasteiger partial charge in [-0.25, -0.2) is 4.98 Å². The minimum atomic E-state index is -0.309. The van der Waals surface area contributed by atoms with Crippen molar-refractivity contribution in [2.24, 2.45) is 0 Å². The summed E-state index contributed by atoms with van der Waals surface area (Å²) in [5.74, 6) is -0.309. The van der Waals surface area contributed by atoms with Crippen LogP contribution in [0.3, 0.4) is 0 Å². The third-order valence-corrected chi connectivity index (χ3v) is 2.13. The number of halogens is 3. The maximum atomic E-state index is 8.84. The number of aromatic hydroxyl groups is 1. The van der Waals surface area contributed by atoms with Gasteiger partial charge < -0.3 is 5.11 Å². The fourth-order valence-electron chi connectivity index (χ4n) is 0.434. The third kappa shape index (κ3) is 1.29. The molecule has 1 N–H and O–H groups in total. The minimum absolute atomic E-state index is 0.0193. The smallest absolute Gasteiger partial charge is 0.231 e. The van der Waals surface area contributed by atoms with Gasteiger partial charge in [-0.05, 0) is 0 Å². The number of pyridine rings is 1. The largest absolute Gasteiger partial charge is 0.492 e. The summed E-state index contributed by atoms with van der Waals surface area (Å²) >= 11 is 16.5. The highest BCUT2D eigenvalue weighted by molar-refractivity contribution is 6.48. The van der Waals surface area contributed by atoms with E-state index in [0.717, 1.165) is 0 Å². The van der Waals surface area contributed by atoms with E-state index in [1.54, 1.807) is 0 Å². The Bertz CT molecular complexity index is 236. The second-order valence-electron chi connectivity index (χ2n) is 1.56. The molecule has 0 saturated carbocycles. The van der Waals surface area contributed by atoms with Gasteiger partial charge >= 0.3 is 0 Å². The van der Waals surface area contributed by atoms with Crippen LogP contribution in [0.15, 0.2) is 6.20 Å². The molecule has 0 spiro atoms. The molecule has 0 bridgehead atoms. The summed E-state index contributed by atoms with van der Waals surface area (Å²) in [5, 5.41) is 9.17. The number of hydrogen-bond donors (Lipinski definition) is 1. The molecule has 0 amide bonds. The van der Waals surface area contributed by atoms with Gasteiger partial charge in [0, 0.05) is 0 Å². The molecule has 1 aromatic rings. The monoisotopic (exact) mass is 197 g/mol. The molecule has 5 heteroatoms. The van der Waals surface area contributed by atoms with Crippen molar-refractivity contribution >= 4 is 34.8 Å². The minimum Gasteiger partial charge on any atom is -0.492 e. The summed E-state index contributed by atoms with van der Waals surface area (Å²) in [6, 6.07) is 0. The second kappa shape index (κ2) is 2.82. The summed E-state index contributed by atoms with van der Waals surface area (Å²) in [6.07, 6.45) is 1.23. The number of hydrogen-bond acceptors (Lipinski definition) is 2. The number of nitrogens with zero attached hydrogens (tertiary/aromatic N) is 1. The molecule has 0 radical (unpaired) electrons. The van der Waals surface area contributed by atoms with Crippen molar-refractivity contribution in [3.05, 3.63) is 21.3 Å². The molecule has 2 nitrogen and oxygen atoms in total. The molecule has 0 unspecified atom stereocenters. The third-order valence-electron chi connectivity index (χ3n) is 0.899. The van der Waals surface area contributed by atoms with Gasteiger partial charge in [-0.2, -0.15) is 0 Å². The van der Waals surface area contributed by atoms with E-state index in [1.807, 2.05) is 0 Å². The Morgan fingerprint density at radius 2 is 1.80 bits per heavy atom. The van der Waals surface area contributed by atoms with Crippen LogP contribution in [0.5, 0.6) is 5.88 Å². The van der Waals surface area contributed by atoms with E-state index in [0.29, 0.717) is 0 Å². The van der Waals surface area contributed by atoms with Crippen LogP contribution in [0.1, 0.15) is 0 Å². The highest BCUT2D eigenvalue weighted by atomic mass is 35.5. The van der Waals surface area contributed by atoms with Gasteiger partial charge in [0.15, 0.2) is 0 Å². The van der Waals surface area contributed by atoms with Crippen LogP contribution in [0.4, 0.5) is 0 Å². The van der Waals surface area contributed by atoms with Gasteiger partial charge in [-0.15, -0.1) is 0 Å². The average molecular weight is 198 g/mol. The van der Waals surface area contributed by atoms with Crippen LogP contribution < -0.4 is 0 Å². The number of aromatic nitrogens is 1. The van der Waals surface area contributed by atoms with Crippen LogP contribution in [-0.4, -0.2) is 10.1 Å². The lowest BCUT2D eigenvalue weighted by atomic mass is 10.5. The first kappa shape index (κ1) is 7.92. The van der Waals surface area contributed by atoms with E-state index in [-0.39, 0.29) is 20.9 Å². The lowest BCUT2D eigenvalue weighted by Crippen LogP contribution is -1.77. The molecule has 0 aliphatic rings. The summed E-state index contributed by atoms with van der Waals surface area (Å²) < 4.78 is 0. The fourth-order valence-corrected chi connectivity index (χ4v) is 0.910. The topological polar surface area (TPSA) is 33.1 Å². The van der Waals surface area contributed by atoms with E-state index < -0.39 is 0 Å². The average Bonchev–Trinajstić information content (AvgIpc) is 1.93. The maximum absolute atomic E-state index is 8.84. The molecule has 0 atom stereocenters. The Morgan fingerprint density at radius 3 is 2.30 bits per heavy atom. The first-order valence-corrected chi connectivity index (χ1v) is 3.44. The molecule has 0 aromatic carbocycles. The molecule has 10 heavy (non-hydrogen) atoms. The van der Waals surface area contributed by atoms with E-state index in [1.165, 1.54) is 6.20 Å². The van der Waals surface area contributed by atoms with Crippen LogP contribution >= 0.6 is 34.8 Å². The van der Waals surface area contributed by atoms with E-state index in [9.17, 15) is 0 Å². The number of rotatable bonds is 0. The molecule has 1 rings (SSSR count). The van der Waals surface area contributed by atoms with Gasteiger partial charge in [0.1, 0.15) is 5.02 Å². The van der Waals surface area contributed by atoms with E-state index >= 15 is 0 Å². The quantitative estimate of drug-likeness (QED) is 0.695. The molecule has 0 aliphatic carbocycles. The van der Waals surface area contributed by atoms with Crippen molar-refractivity contribution in [1.82, 2.24) is 4.98 Å². The molecule has 54 valence electrons. The fraction of sp³-hybridized carbons (Fsp3) is 0. The van der Waals surface area contributed by atoms with Crippen molar-refractivity contribution < 1.29 is 5.11 Å². The van der Waals surface area contributed by atoms with Gasteiger partial charge in [0.25, 0.3) is 0 Å². The predicted molar refractivity (Wildman–Crippen MR) is 40.9 cm³/mol. The lowest BCUT2D eigenvalue weighted by Gasteiger charge is -1.97. The maximum Gasteiger partial charge on any atom is 0.231 e. The van der Waals surface area contributed by atoms with Gasteiger partial charge in [0.05, 0.1) is 16.2 Å². The first-order chi connectivity index (χ1) is 4.63. The Morgan fingerprint density at radius 1 is 1.20 bits per heavy atom. The SMILES string of the molecule is Oc1ncc(Cl)c(Cl)c1Cl. The molecule has 0 saturated heterocycles. The Hall–Kier alpha value is -0.180. The lowest BCUT2D eigenvalue weighted by molar-refractivity contribution is 0.454. The molecular formula is C5H2Cl3NO. The zero-order chi connectivity index (χ0) is 7.72. The molecule has 1 aromatic heterocycles. The van der Waals surface area contributed by atoms with Gasteiger partial charge in [-0.1, -0.05) is 34.8 Å². The molecule has 0 fully saturated rings. The Labute approximate surface area is 72.4 Å². The second-order valence-corrected chi connectivity index (χ2v) is 2.72. The van der Waals surface area contributed by atoms with Crippen molar-refractivity contribution in [3.63, 3.8) is 0 Å². The normalized spacial score (nSPS) is 9.90. The standard InChI is InChI=1S/C5H2Cl3NO/c6-2-1-9-5(10)4(8)3(2)7/h1H,(H,9,10). The Balaban J connectivity index is 3.34. The van der Waals surface area contributed by atoms with Crippen LogP contribution in [0.2, 0.25) is 15.1 Å². The van der Waals surface area contributed by atoms with Crippen LogP contribution in [-0.2, 0) is 0 Å². The summed E-state index contributed by atoms with van der Waals surface area (Å²) in [4.78, 5) is 3.45. The highest BCUT2D eigenvalue weighted by Gasteiger charge is 2.07. The van der Waals surface area contributed by atoms with Crippen molar-refractivity contribution in [2.75, 3.05) is 0 Å². The van der Waals surface area contributed by atoms with Crippen molar-refractivity contribution in [1.29, 1.82) is 0 Å². The highest BCUT2D eigenvalue weighted by Crippen LogP contribution is 2.33. The van der Waals surface area contributed by atoms with E-state index in [4.69, 9.17) is 39.9 Å². The van der Waals surface area contributed by atoms with Gasteiger partial charge in [0.2, 0.25) is 5.88 Å². The predicted octanol–water partition coefficient (Wildman–Crippen LogP) is 2.75. The van der Waals surface area contributed by atoms with E-state index in [2.05, 4.69) is 4.98 Å². The van der Waals surface area contributed by atoms with Crippen molar-refractivity contribution in [2.45, 2.75) is 0 Å². The van der Waals surface area contributed by atoms with Crippen LogP contribution in [0.25, 0.3) is 0 Å². The molecular weight excluding hydrogens is 196 g/mol. The Kier molecular flexibility index (Phi) is 2.24. The van der Waals surface area contributed by atoms with Gasteiger partial charge in [-0.3, -0.25) is 0 Å².